The van der Waals surface area contributed by atoms with E-state index in [4.69, 9.17) is 13.9 Å². The minimum absolute atomic E-state index is 0.0132. The molecule has 0 bridgehead atoms. The molecule has 0 radical (unpaired) electrons. The van der Waals surface area contributed by atoms with Gasteiger partial charge in [-0.3, -0.25) is 0 Å². The second-order valence-electron chi connectivity index (χ2n) is 7.45. The van der Waals surface area contributed by atoms with Gasteiger partial charge in [0, 0.05) is 17.9 Å². The van der Waals surface area contributed by atoms with Crippen molar-refractivity contribution in [1.29, 1.82) is 0 Å². The van der Waals surface area contributed by atoms with Gasteiger partial charge in [0.15, 0.2) is 11.5 Å². The van der Waals surface area contributed by atoms with Crippen LogP contribution in [-0.2, 0) is 10.0 Å². The molecule has 1 N–H and O–H groups in total. The van der Waals surface area contributed by atoms with Gasteiger partial charge in [0.2, 0.25) is 10.0 Å². The summed E-state index contributed by atoms with van der Waals surface area (Å²) in [4.78, 5) is 0.0132. The average molecular weight is 453 g/mol. The third-order valence-corrected chi connectivity index (χ3v) is 6.63. The number of rotatable bonds is 5. The Morgan fingerprint density at radius 2 is 1.69 bits per heavy atom. The van der Waals surface area contributed by atoms with Crippen molar-refractivity contribution in [3.63, 3.8) is 0 Å². The molecule has 0 amide bonds. The van der Waals surface area contributed by atoms with Gasteiger partial charge in [-0.05, 0) is 42.0 Å². The molecule has 164 valence electrons. The Hall–Kier alpha value is -3.36. The van der Waals surface area contributed by atoms with Crippen LogP contribution in [0.15, 0.2) is 82.1 Å². The monoisotopic (exact) mass is 453 g/mol. The number of nitrogens with one attached hydrogen (secondary N) is 1. The Balaban J connectivity index is 1.55. The van der Waals surface area contributed by atoms with E-state index < -0.39 is 21.9 Å². The highest BCUT2D eigenvalue weighted by atomic mass is 32.2. The maximum Gasteiger partial charge on any atom is 0.241 e. The Morgan fingerprint density at radius 1 is 0.875 bits per heavy atom. The fourth-order valence-corrected chi connectivity index (χ4v) is 4.86. The summed E-state index contributed by atoms with van der Waals surface area (Å²) in [5.41, 5.74) is 1.03. The van der Waals surface area contributed by atoms with Crippen LogP contribution in [-0.4, -0.2) is 21.6 Å². The minimum atomic E-state index is -4.02. The maximum atomic E-state index is 14.0. The van der Waals surface area contributed by atoms with Crippen molar-refractivity contribution in [2.24, 2.45) is 0 Å². The smallest absolute Gasteiger partial charge is 0.241 e. The topological polar surface area (TPSA) is 77.8 Å². The summed E-state index contributed by atoms with van der Waals surface area (Å²) in [7, 11) is -4.02. The van der Waals surface area contributed by atoms with E-state index in [0.29, 0.717) is 48.0 Å². The average Bonchev–Trinajstić information content (AvgIpc) is 3.07. The van der Waals surface area contributed by atoms with Gasteiger partial charge in [0.1, 0.15) is 23.2 Å². The molecule has 32 heavy (non-hydrogen) atoms. The van der Waals surface area contributed by atoms with Crippen molar-refractivity contribution in [2.75, 3.05) is 13.2 Å². The van der Waals surface area contributed by atoms with Crippen molar-refractivity contribution >= 4 is 21.0 Å². The zero-order valence-corrected chi connectivity index (χ0v) is 17.8. The predicted octanol–water partition coefficient (Wildman–Crippen LogP) is 4.80. The van der Waals surface area contributed by atoms with Gasteiger partial charge in [0.05, 0.1) is 18.1 Å². The number of hydrogen-bond acceptors (Lipinski definition) is 5. The zero-order chi connectivity index (χ0) is 22.1. The highest BCUT2D eigenvalue weighted by molar-refractivity contribution is 7.89. The Labute approximate surface area is 184 Å². The number of benzene rings is 3. The quantitative estimate of drug-likeness (QED) is 0.470. The first-order valence-electron chi connectivity index (χ1n) is 10.2. The molecule has 5 rings (SSSR count). The van der Waals surface area contributed by atoms with E-state index in [1.807, 2.05) is 18.2 Å². The molecule has 2 heterocycles. The molecule has 6 nitrogen and oxygen atoms in total. The van der Waals surface area contributed by atoms with Crippen LogP contribution in [0.25, 0.3) is 11.0 Å². The van der Waals surface area contributed by atoms with Crippen LogP contribution >= 0.6 is 0 Å². The standard InChI is InChI=1S/C24H20FNO5S/c25-18-7-3-6-17(13-18)24(23-14-16-5-1-2-8-20(16)31-23)26-32(27,28)19-9-10-21-22(15-19)30-12-4-11-29-21/h1-3,5-10,13-15,24,26H,4,11-12H2/t24-/m1/s1. The largest absolute Gasteiger partial charge is 0.490 e. The van der Waals surface area contributed by atoms with Gasteiger partial charge in [-0.2, -0.15) is 4.72 Å². The summed E-state index contributed by atoms with van der Waals surface area (Å²) in [6.45, 7) is 0.944. The van der Waals surface area contributed by atoms with Crippen molar-refractivity contribution in [3.8, 4) is 11.5 Å². The van der Waals surface area contributed by atoms with Crippen LogP contribution < -0.4 is 14.2 Å². The summed E-state index contributed by atoms with van der Waals surface area (Å²) < 4.78 is 60.4. The number of hydrogen-bond donors (Lipinski definition) is 1. The Morgan fingerprint density at radius 3 is 2.50 bits per heavy atom. The first kappa shape index (κ1) is 20.5. The molecule has 0 spiro atoms. The number of fused-ring (bicyclic) bond motifs is 2. The molecule has 0 saturated heterocycles. The molecule has 4 aromatic rings. The lowest BCUT2D eigenvalue weighted by Crippen LogP contribution is -2.29. The summed E-state index contributed by atoms with van der Waals surface area (Å²) in [6, 6.07) is 18.4. The van der Waals surface area contributed by atoms with Gasteiger partial charge >= 0.3 is 0 Å². The third kappa shape index (κ3) is 4.06. The molecule has 1 aliphatic rings. The first-order chi connectivity index (χ1) is 15.5. The van der Waals surface area contributed by atoms with Crippen molar-refractivity contribution in [2.45, 2.75) is 17.4 Å². The number of furan rings is 1. The van der Waals surface area contributed by atoms with E-state index in [0.717, 1.165) is 5.39 Å². The molecule has 8 heteroatoms. The number of sulfonamides is 1. The van der Waals surface area contributed by atoms with Gasteiger partial charge in [0.25, 0.3) is 0 Å². The normalized spacial score (nSPS) is 14.8. The number of halogens is 1. The van der Waals surface area contributed by atoms with Gasteiger partial charge < -0.3 is 13.9 Å². The molecule has 0 fully saturated rings. The molecular formula is C24H20FNO5S. The van der Waals surface area contributed by atoms with Crippen LogP contribution in [0, 0.1) is 5.82 Å². The number of para-hydroxylation sites is 1. The van der Waals surface area contributed by atoms with Gasteiger partial charge in [-0.25, -0.2) is 12.8 Å². The summed E-state index contributed by atoms with van der Waals surface area (Å²) >= 11 is 0. The van der Waals surface area contributed by atoms with Crippen molar-refractivity contribution in [1.82, 2.24) is 4.72 Å². The van der Waals surface area contributed by atoms with Crippen LogP contribution in [0.1, 0.15) is 23.8 Å². The van der Waals surface area contributed by atoms with Crippen molar-refractivity contribution < 1.29 is 26.7 Å². The van der Waals surface area contributed by atoms with E-state index >= 15 is 0 Å². The highest BCUT2D eigenvalue weighted by Gasteiger charge is 2.27. The van der Waals surface area contributed by atoms with Crippen LogP contribution in [0.4, 0.5) is 4.39 Å². The van der Waals surface area contributed by atoms with Crippen LogP contribution in [0.3, 0.4) is 0 Å². The highest BCUT2D eigenvalue weighted by Crippen LogP contribution is 2.34. The Kier molecular flexibility index (Phi) is 5.32. The van der Waals surface area contributed by atoms with E-state index in [1.165, 1.54) is 30.3 Å². The molecule has 0 aliphatic carbocycles. The van der Waals surface area contributed by atoms with E-state index in [2.05, 4.69) is 4.72 Å². The second-order valence-corrected chi connectivity index (χ2v) is 9.17. The molecule has 0 saturated carbocycles. The maximum absolute atomic E-state index is 14.0. The second kappa shape index (κ2) is 8.29. The summed E-state index contributed by atoms with van der Waals surface area (Å²) in [6.07, 6.45) is 0.711. The molecular weight excluding hydrogens is 433 g/mol. The first-order valence-corrected chi connectivity index (χ1v) is 11.6. The molecule has 1 aromatic heterocycles. The van der Waals surface area contributed by atoms with E-state index in [1.54, 1.807) is 24.3 Å². The molecule has 1 atom stereocenters. The lowest BCUT2D eigenvalue weighted by atomic mass is 10.1. The molecule has 0 unspecified atom stereocenters. The SMILES string of the molecule is O=S(=O)(N[C@H](c1cccc(F)c1)c1cc2ccccc2o1)c1ccc2c(c1)OCCCO2. The van der Waals surface area contributed by atoms with Gasteiger partial charge in [-0.1, -0.05) is 30.3 Å². The summed E-state index contributed by atoms with van der Waals surface area (Å²) in [5, 5.41) is 0.818. The third-order valence-electron chi connectivity index (χ3n) is 5.21. The van der Waals surface area contributed by atoms with E-state index in [-0.39, 0.29) is 4.90 Å². The van der Waals surface area contributed by atoms with Crippen molar-refractivity contribution in [3.05, 3.63) is 89.9 Å². The Bertz CT molecular complexity index is 1350. The molecule has 3 aromatic carbocycles. The minimum Gasteiger partial charge on any atom is -0.490 e. The fourth-order valence-electron chi connectivity index (χ4n) is 3.66. The lowest BCUT2D eigenvalue weighted by Gasteiger charge is -2.18. The van der Waals surface area contributed by atoms with E-state index in [9.17, 15) is 12.8 Å². The predicted molar refractivity (Wildman–Crippen MR) is 117 cm³/mol. The van der Waals surface area contributed by atoms with Crippen LogP contribution in [0.2, 0.25) is 0 Å². The fraction of sp³-hybridized carbons (Fsp3) is 0.167. The van der Waals surface area contributed by atoms with Gasteiger partial charge in [-0.15, -0.1) is 0 Å². The number of ether oxygens (including phenoxy) is 2. The molecule has 1 aliphatic heterocycles. The summed E-state index contributed by atoms with van der Waals surface area (Å²) in [5.74, 6) is 0.755. The van der Waals surface area contributed by atoms with Crippen LogP contribution in [0.5, 0.6) is 11.5 Å². The lowest BCUT2D eigenvalue weighted by molar-refractivity contribution is 0.297. The zero-order valence-electron chi connectivity index (χ0n) is 17.0.